The van der Waals surface area contributed by atoms with Crippen LogP contribution in [0.4, 0.5) is 0 Å². The van der Waals surface area contributed by atoms with Gasteiger partial charge in [0.1, 0.15) is 0 Å². The van der Waals surface area contributed by atoms with Crippen LogP contribution in [-0.4, -0.2) is 23.9 Å². The van der Waals surface area contributed by atoms with E-state index in [1.807, 2.05) is 7.05 Å². The summed E-state index contributed by atoms with van der Waals surface area (Å²) in [6.45, 7) is 2.07. The Bertz CT molecular complexity index is 361. The monoisotopic (exact) mass is 210 g/mol. The maximum Gasteiger partial charge on any atom is 0.224 e. The Kier molecular flexibility index (Phi) is 2.33. The van der Waals surface area contributed by atoms with Crippen molar-refractivity contribution in [3.8, 4) is 0 Å². The van der Waals surface area contributed by atoms with Crippen LogP contribution in [0, 0.1) is 6.92 Å². The second-order valence-electron chi connectivity index (χ2n) is 3.77. The molecule has 1 aliphatic heterocycles. The number of aryl methyl sites for hydroxylation is 1. The fourth-order valence-corrected chi connectivity index (χ4v) is 3.01. The van der Waals surface area contributed by atoms with Gasteiger partial charge in [0.05, 0.1) is 6.04 Å². The van der Waals surface area contributed by atoms with Gasteiger partial charge in [-0.05, 0) is 19.1 Å². The van der Waals surface area contributed by atoms with Crippen molar-refractivity contribution in [3.63, 3.8) is 0 Å². The van der Waals surface area contributed by atoms with Crippen LogP contribution < -0.4 is 5.73 Å². The molecule has 0 spiro atoms. The molecule has 2 atom stereocenters. The molecule has 3 nitrogen and oxygen atoms in total. The van der Waals surface area contributed by atoms with Gasteiger partial charge in [-0.1, -0.05) is 0 Å². The Balaban J connectivity index is 2.30. The summed E-state index contributed by atoms with van der Waals surface area (Å²) in [5, 5.41) is 0. The SMILES string of the molecule is Cc1ccc([C@H]2[C@H](N)CC(=O)N2C)s1. The Morgan fingerprint density at radius 3 is 2.71 bits per heavy atom. The molecule has 0 bridgehead atoms. The van der Waals surface area contributed by atoms with E-state index < -0.39 is 0 Å². The Hall–Kier alpha value is -0.870. The molecule has 0 radical (unpaired) electrons. The summed E-state index contributed by atoms with van der Waals surface area (Å²) < 4.78 is 0. The molecule has 2 heterocycles. The molecule has 0 aromatic carbocycles. The molecule has 2 rings (SSSR count). The van der Waals surface area contributed by atoms with Crippen molar-refractivity contribution < 1.29 is 4.79 Å². The number of nitrogens with two attached hydrogens (primary N) is 1. The minimum Gasteiger partial charge on any atom is -0.336 e. The minimum absolute atomic E-state index is 0.0504. The number of thiophene rings is 1. The summed E-state index contributed by atoms with van der Waals surface area (Å²) in [6.07, 6.45) is 0.470. The van der Waals surface area contributed by atoms with E-state index in [-0.39, 0.29) is 18.0 Å². The van der Waals surface area contributed by atoms with Gasteiger partial charge >= 0.3 is 0 Å². The zero-order valence-electron chi connectivity index (χ0n) is 8.36. The van der Waals surface area contributed by atoms with E-state index in [4.69, 9.17) is 5.73 Å². The molecule has 1 aliphatic rings. The number of hydrogen-bond donors (Lipinski definition) is 1. The summed E-state index contributed by atoms with van der Waals surface area (Å²) in [5.41, 5.74) is 5.95. The summed E-state index contributed by atoms with van der Waals surface area (Å²) in [6, 6.07) is 4.18. The molecule has 1 fully saturated rings. The number of likely N-dealkylation sites (N-methyl/N-ethyl adjacent to an activating group) is 1. The molecule has 14 heavy (non-hydrogen) atoms. The van der Waals surface area contributed by atoms with Gasteiger partial charge < -0.3 is 10.6 Å². The fourth-order valence-electron chi connectivity index (χ4n) is 1.91. The normalized spacial score (nSPS) is 27.4. The first-order chi connectivity index (χ1) is 6.59. The summed E-state index contributed by atoms with van der Waals surface area (Å²) in [5.74, 6) is 0.147. The van der Waals surface area contributed by atoms with Crippen molar-refractivity contribution >= 4 is 17.2 Å². The average molecular weight is 210 g/mol. The molecule has 0 saturated carbocycles. The van der Waals surface area contributed by atoms with Crippen molar-refractivity contribution in [2.75, 3.05) is 7.05 Å². The molecule has 0 aliphatic carbocycles. The first-order valence-electron chi connectivity index (χ1n) is 4.67. The van der Waals surface area contributed by atoms with Crippen molar-refractivity contribution in [3.05, 3.63) is 21.9 Å². The van der Waals surface area contributed by atoms with Gasteiger partial charge in [0.2, 0.25) is 5.91 Å². The molecule has 4 heteroatoms. The highest BCUT2D eigenvalue weighted by atomic mass is 32.1. The first kappa shape index (κ1) is 9.68. The van der Waals surface area contributed by atoms with Crippen LogP contribution in [0.3, 0.4) is 0 Å². The van der Waals surface area contributed by atoms with Gasteiger partial charge in [-0.15, -0.1) is 11.3 Å². The molecule has 1 aromatic heterocycles. The van der Waals surface area contributed by atoms with E-state index in [1.165, 1.54) is 9.75 Å². The van der Waals surface area contributed by atoms with Crippen LogP contribution >= 0.6 is 11.3 Å². The summed E-state index contributed by atoms with van der Waals surface area (Å²) in [4.78, 5) is 15.6. The molecule has 2 N–H and O–H groups in total. The smallest absolute Gasteiger partial charge is 0.224 e. The van der Waals surface area contributed by atoms with E-state index in [9.17, 15) is 4.79 Å². The third-order valence-electron chi connectivity index (χ3n) is 2.68. The maximum atomic E-state index is 11.4. The lowest BCUT2D eigenvalue weighted by molar-refractivity contribution is -0.127. The van der Waals surface area contributed by atoms with Gasteiger partial charge in [-0.3, -0.25) is 4.79 Å². The van der Waals surface area contributed by atoms with E-state index in [1.54, 1.807) is 16.2 Å². The topological polar surface area (TPSA) is 46.3 Å². The number of likely N-dealkylation sites (tertiary alicyclic amines) is 1. The summed E-state index contributed by atoms with van der Waals surface area (Å²) in [7, 11) is 1.83. The van der Waals surface area contributed by atoms with Gasteiger partial charge in [0.25, 0.3) is 0 Å². The zero-order valence-corrected chi connectivity index (χ0v) is 9.17. The van der Waals surface area contributed by atoms with Gasteiger partial charge in [-0.25, -0.2) is 0 Å². The molecule has 1 amide bonds. The fraction of sp³-hybridized carbons (Fsp3) is 0.500. The lowest BCUT2D eigenvalue weighted by Crippen LogP contribution is -2.29. The Morgan fingerprint density at radius 2 is 2.29 bits per heavy atom. The highest BCUT2D eigenvalue weighted by Crippen LogP contribution is 2.34. The maximum absolute atomic E-state index is 11.4. The second kappa shape index (κ2) is 3.37. The van der Waals surface area contributed by atoms with Crippen LogP contribution in [0.1, 0.15) is 22.2 Å². The van der Waals surface area contributed by atoms with E-state index in [2.05, 4.69) is 19.1 Å². The minimum atomic E-state index is -0.0504. The third kappa shape index (κ3) is 1.44. The van der Waals surface area contributed by atoms with Gasteiger partial charge in [0, 0.05) is 29.3 Å². The molecular formula is C10H14N2OS. The Morgan fingerprint density at radius 1 is 1.57 bits per heavy atom. The number of rotatable bonds is 1. The predicted molar refractivity (Wildman–Crippen MR) is 57.2 cm³/mol. The lowest BCUT2D eigenvalue weighted by Gasteiger charge is -2.21. The van der Waals surface area contributed by atoms with Crippen molar-refractivity contribution in [2.45, 2.75) is 25.4 Å². The number of carbonyl (C=O) groups excluding carboxylic acids is 1. The third-order valence-corrected chi connectivity index (χ3v) is 3.75. The Labute approximate surface area is 87.5 Å². The molecule has 76 valence electrons. The second-order valence-corrected chi connectivity index (χ2v) is 5.09. The molecule has 1 aromatic rings. The van der Waals surface area contributed by atoms with Crippen molar-refractivity contribution in [2.24, 2.45) is 5.73 Å². The van der Waals surface area contributed by atoms with E-state index >= 15 is 0 Å². The molecule has 0 unspecified atom stereocenters. The van der Waals surface area contributed by atoms with Crippen LogP contribution in [0.2, 0.25) is 0 Å². The number of amides is 1. The highest BCUT2D eigenvalue weighted by molar-refractivity contribution is 7.12. The van der Waals surface area contributed by atoms with Crippen LogP contribution in [-0.2, 0) is 4.79 Å². The van der Waals surface area contributed by atoms with Gasteiger partial charge in [0.15, 0.2) is 0 Å². The average Bonchev–Trinajstić information content (AvgIpc) is 2.60. The van der Waals surface area contributed by atoms with E-state index in [0.717, 1.165) is 0 Å². The molecular weight excluding hydrogens is 196 g/mol. The number of hydrogen-bond acceptors (Lipinski definition) is 3. The highest BCUT2D eigenvalue weighted by Gasteiger charge is 2.36. The largest absolute Gasteiger partial charge is 0.336 e. The van der Waals surface area contributed by atoms with Crippen LogP contribution in [0.15, 0.2) is 12.1 Å². The van der Waals surface area contributed by atoms with Crippen LogP contribution in [0.5, 0.6) is 0 Å². The zero-order chi connectivity index (χ0) is 10.3. The van der Waals surface area contributed by atoms with Gasteiger partial charge in [-0.2, -0.15) is 0 Å². The first-order valence-corrected chi connectivity index (χ1v) is 5.49. The van der Waals surface area contributed by atoms with Crippen molar-refractivity contribution in [1.29, 1.82) is 0 Å². The standard InChI is InChI=1S/C10H14N2OS/c1-6-3-4-8(14-6)10-7(11)5-9(13)12(10)2/h3-4,7,10H,5,11H2,1-2H3/t7-,10-/m1/s1. The lowest BCUT2D eigenvalue weighted by atomic mass is 10.1. The molecule has 1 saturated heterocycles. The van der Waals surface area contributed by atoms with Crippen molar-refractivity contribution in [1.82, 2.24) is 4.90 Å². The number of carbonyl (C=O) groups is 1. The summed E-state index contributed by atoms with van der Waals surface area (Å²) >= 11 is 1.72. The van der Waals surface area contributed by atoms with E-state index in [0.29, 0.717) is 6.42 Å². The van der Waals surface area contributed by atoms with Crippen LogP contribution in [0.25, 0.3) is 0 Å². The predicted octanol–water partition coefficient (Wildman–Crippen LogP) is 1.29. The quantitative estimate of drug-likeness (QED) is 0.759. The number of nitrogens with zero attached hydrogens (tertiary/aromatic N) is 1.